The summed E-state index contributed by atoms with van der Waals surface area (Å²) < 4.78 is 0.314. The summed E-state index contributed by atoms with van der Waals surface area (Å²) in [4.78, 5) is 1.74. The Morgan fingerprint density at radius 3 is 2.11 bits per heavy atom. The van der Waals surface area contributed by atoms with Crippen molar-refractivity contribution in [1.29, 1.82) is 10.7 Å². The molecule has 0 saturated heterocycles. The molecule has 0 aromatic rings. The number of nitriles is 1. The van der Waals surface area contributed by atoms with Crippen molar-refractivity contribution < 1.29 is 0 Å². The predicted octanol–water partition coefficient (Wildman–Crippen LogP) is 7.80. The first-order valence-electron chi connectivity index (χ1n) is 10.1. The topological polar surface area (TPSA) is 50.9 Å². The molecule has 0 radical (unpaired) electrons. The van der Waals surface area contributed by atoms with Crippen LogP contribution in [-0.4, -0.2) is 16.4 Å². The van der Waals surface area contributed by atoms with Crippen molar-refractivity contribution in [2.75, 3.05) is 0 Å². The quantitative estimate of drug-likeness (QED) is 0.139. The summed E-state index contributed by atoms with van der Waals surface area (Å²) in [7, 11) is 0. The van der Waals surface area contributed by atoms with Crippen LogP contribution in [-0.2, 0) is 0 Å². The van der Waals surface area contributed by atoms with Crippen LogP contribution in [0, 0.1) is 22.6 Å². The Kier molecular flexibility index (Phi) is 16.3. The number of hydrogen-bond donors (Lipinski definition) is 1. The van der Waals surface area contributed by atoms with Gasteiger partial charge in [-0.15, -0.1) is 0 Å². The van der Waals surface area contributed by atoms with Gasteiger partial charge < -0.3 is 4.90 Å². The average molecular weight is 436 g/mol. The number of amidine groups is 1. The van der Waals surface area contributed by atoms with Gasteiger partial charge in [-0.3, -0.25) is 5.41 Å². The van der Waals surface area contributed by atoms with Crippen molar-refractivity contribution >= 4 is 27.4 Å². The molecule has 0 aromatic carbocycles. The zero-order chi connectivity index (χ0) is 21.6. The van der Waals surface area contributed by atoms with E-state index in [2.05, 4.69) is 48.9 Å². The molecule has 1 aliphatic carbocycles. The van der Waals surface area contributed by atoms with Gasteiger partial charge in [0.2, 0.25) is 0 Å². The minimum Gasteiger partial charge on any atom is -0.301 e. The van der Waals surface area contributed by atoms with Crippen LogP contribution < -0.4 is 0 Å². The van der Waals surface area contributed by atoms with Gasteiger partial charge in [0, 0.05) is 17.9 Å². The Labute approximate surface area is 177 Å². The molecule has 152 valence electrons. The van der Waals surface area contributed by atoms with Gasteiger partial charge in [0.25, 0.3) is 6.71 Å². The highest BCUT2D eigenvalue weighted by Gasteiger charge is 2.27. The van der Waals surface area contributed by atoms with Gasteiger partial charge in [-0.25, -0.2) is 5.26 Å². The molecule has 1 N–H and O–H groups in total. The minimum absolute atomic E-state index is 0.241. The number of hydrogen-bond acceptors (Lipinski definition) is 2. The van der Waals surface area contributed by atoms with E-state index in [1.807, 2.05) is 40.7 Å². The van der Waals surface area contributed by atoms with Crippen LogP contribution in [0.25, 0.3) is 0 Å². The molecule has 0 amide bonds. The third-order valence-corrected chi connectivity index (χ3v) is 4.88. The van der Waals surface area contributed by atoms with Crippen molar-refractivity contribution in [3.63, 3.8) is 0 Å². The van der Waals surface area contributed by atoms with Crippen LogP contribution in [0.4, 0.5) is 0 Å². The smallest absolute Gasteiger partial charge is 0.267 e. The van der Waals surface area contributed by atoms with Gasteiger partial charge in [-0.2, -0.15) is 0 Å². The highest BCUT2D eigenvalue weighted by Crippen LogP contribution is 2.39. The molecule has 0 spiro atoms. The van der Waals surface area contributed by atoms with E-state index < -0.39 is 0 Å². The Hall–Kier alpha value is -1.28. The fraction of sp³-hybridized carbons (Fsp3) is 0.636. The molecule has 0 aliphatic heterocycles. The van der Waals surface area contributed by atoms with Gasteiger partial charge in [0.1, 0.15) is 0 Å². The Bertz CT molecular complexity index is 530. The molecule has 1 atom stereocenters. The van der Waals surface area contributed by atoms with Gasteiger partial charge >= 0.3 is 0 Å². The fourth-order valence-corrected chi connectivity index (χ4v) is 3.12. The molecule has 5 heteroatoms. The molecule has 1 rings (SSSR count). The van der Waals surface area contributed by atoms with Crippen LogP contribution in [0.5, 0.6) is 0 Å². The number of nitrogens with one attached hydrogen (secondary N) is 1. The Morgan fingerprint density at radius 2 is 1.85 bits per heavy atom. The van der Waals surface area contributed by atoms with E-state index in [0.717, 1.165) is 17.7 Å². The highest BCUT2D eigenvalue weighted by atomic mass is 79.9. The van der Waals surface area contributed by atoms with Crippen molar-refractivity contribution in [3.8, 4) is 5.97 Å². The van der Waals surface area contributed by atoms with Gasteiger partial charge in [0.15, 0.2) is 4.74 Å². The minimum atomic E-state index is 0.241. The molecule has 0 heterocycles. The third kappa shape index (κ3) is 11.9. The lowest BCUT2D eigenvalue weighted by atomic mass is 9.43. The molecule has 1 saturated carbocycles. The standard InChI is InChI=1S/C12H17BrN2.C8H16BN.C2H6/c1-8(2)11(10-5-6-10)7-15(9(3)4)12(13)14;1-4-6-8(5-2)9(3)7-10;1-2/h7,10,14H,1,3,5-6H2,2,4H3;8H,4-6H2,1-3H3;1-2H3/b11-7+,14-12?;;/t;8-;/m.0./s1. The normalized spacial score (nSPS) is 13.7. The van der Waals surface area contributed by atoms with E-state index in [9.17, 15) is 0 Å². The molecule has 0 unspecified atom stereocenters. The third-order valence-electron chi connectivity index (χ3n) is 4.50. The van der Waals surface area contributed by atoms with Crippen LogP contribution in [0.2, 0.25) is 12.6 Å². The summed E-state index contributed by atoms with van der Waals surface area (Å²) in [5.41, 5.74) is 3.15. The first-order valence-corrected chi connectivity index (χ1v) is 10.9. The summed E-state index contributed by atoms with van der Waals surface area (Å²) in [6.45, 7) is 22.3. The van der Waals surface area contributed by atoms with E-state index in [1.54, 1.807) is 4.90 Å². The van der Waals surface area contributed by atoms with Gasteiger partial charge in [-0.05, 0) is 59.9 Å². The van der Waals surface area contributed by atoms with Gasteiger partial charge in [-0.1, -0.05) is 72.5 Å². The number of allylic oxidation sites excluding steroid dienone is 3. The summed E-state index contributed by atoms with van der Waals surface area (Å²) in [6.07, 6.45) is 7.98. The molecular formula is C22H39BBrN3. The fourth-order valence-electron chi connectivity index (χ4n) is 2.72. The highest BCUT2D eigenvalue weighted by molar-refractivity contribution is 9.18. The average Bonchev–Trinajstić information content (AvgIpc) is 3.45. The second-order valence-corrected chi connectivity index (χ2v) is 7.66. The summed E-state index contributed by atoms with van der Waals surface area (Å²) in [6, 6.07) is 0. The second-order valence-electron chi connectivity index (χ2n) is 6.91. The maximum atomic E-state index is 8.61. The number of halogens is 1. The SMILES string of the molecule is C=C(C)/C(=C\N(C(=C)C)C(=N)Br)C1CC1.CC.CCC[C@H](CC)B(C)C#N. The summed E-state index contributed by atoms with van der Waals surface area (Å²) >= 11 is 3.16. The number of rotatable bonds is 8. The number of nitrogens with zero attached hydrogens (tertiary/aromatic N) is 2. The molecule has 0 bridgehead atoms. The monoisotopic (exact) mass is 435 g/mol. The van der Waals surface area contributed by atoms with E-state index in [1.165, 1.54) is 31.3 Å². The first-order chi connectivity index (χ1) is 12.7. The van der Waals surface area contributed by atoms with Gasteiger partial charge in [0.05, 0.1) is 0 Å². The van der Waals surface area contributed by atoms with Crippen LogP contribution in [0.3, 0.4) is 0 Å². The summed E-state index contributed by atoms with van der Waals surface area (Å²) in [5.74, 6) is 3.56. The zero-order valence-electron chi connectivity index (χ0n) is 18.5. The molecule has 1 aliphatic rings. The van der Waals surface area contributed by atoms with Crippen LogP contribution in [0.1, 0.15) is 73.6 Å². The molecule has 1 fully saturated rings. The largest absolute Gasteiger partial charge is 0.301 e. The predicted molar refractivity (Wildman–Crippen MR) is 126 cm³/mol. The lowest BCUT2D eigenvalue weighted by molar-refractivity contribution is 0.689. The summed E-state index contributed by atoms with van der Waals surface area (Å²) in [5, 5.41) is 16.2. The van der Waals surface area contributed by atoms with E-state index in [-0.39, 0.29) is 6.71 Å². The van der Waals surface area contributed by atoms with E-state index >= 15 is 0 Å². The molecule has 27 heavy (non-hydrogen) atoms. The van der Waals surface area contributed by atoms with Crippen molar-refractivity contribution in [1.82, 2.24) is 4.90 Å². The van der Waals surface area contributed by atoms with E-state index in [4.69, 9.17) is 10.7 Å². The van der Waals surface area contributed by atoms with Crippen LogP contribution >= 0.6 is 15.9 Å². The zero-order valence-corrected chi connectivity index (χ0v) is 20.1. The first kappa shape index (κ1) is 27.9. The molecule has 0 aromatic heterocycles. The van der Waals surface area contributed by atoms with Crippen molar-refractivity contribution in [2.24, 2.45) is 5.92 Å². The molecular weight excluding hydrogens is 397 g/mol. The Balaban J connectivity index is 0. The maximum absolute atomic E-state index is 8.61. The lowest BCUT2D eigenvalue weighted by Gasteiger charge is -2.19. The van der Waals surface area contributed by atoms with E-state index in [0.29, 0.717) is 16.5 Å². The second kappa shape index (κ2) is 15.8. The lowest BCUT2D eigenvalue weighted by Crippen LogP contribution is -2.18. The Morgan fingerprint density at radius 1 is 1.33 bits per heavy atom. The molecule has 3 nitrogen and oxygen atoms in total. The van der Waals surface area contributed by atoms with Crippen LogP contribution in [0.15, 0.2) is 36.2 Å². The van der Waals surface area contributed by atoms with Crippen molar-refractivity contribution in [2.45, 2.75) is 86.3 Å². The maximum Gasteiger partial charge on any atom is 0.267 e. The van der Waals surface area contributed by atoms with Crippen molar-refractivity contribution in [3.05, 3.63) is 36.2 Å².